The summed E-state index contributed by atoms with van der Waals surface area (Å²) in [6.07, 6.45) is 2.33. The normalized spacial score (nSPS) is 27.7. The smallest absolute Gasteiger partial charge is 0.254 e. The van der Waals surface area contributed by atoms with E-state index in [4.69, 9.17) is 9.47 Å². The summed E-state index contributed by atoms with van der Waals surface area (Å²) in [5, 5.41) is 0. The molecule has 3 fully saturated rings. The summed E-state index contributed by atoms with van der Waals surface area (Å²) in [6.45, 7) is 5.83. The van der Waals surface area contributed by atoms with Gasteiger partial charge in [-0.25, -0.2) is 0 Å². The van der Waals surface area contributed by atoms with Gasteiger partial charge in [0.05, 0.1) is 13.2 Å². The van der Waals surface area contributed by atoms with Crippen molar-refractivity contribution in [3.05, 3.63) is 29.8 Å². The van der Waals surface area contributed by atoms with Crippen LogP contribution in [0.2, 0.25) is 0 Å². The van der Waals surface area contributed by atoms with Gasteiger partial charge in [0, 0.05) is 19.1 Å². The van der Waals surface area contributed by atoms with Crippen LogP contribution in [-0.2, 0) is 14.3 Å². The van der Waals surface area contributed by atoms with E-state index >= 15 is 0 Å². The van der Waals surface area contributed by atoms with E-state index in [1.165, 1.54) is 0 Å². The van der Waals surface area contributed by atoms with Gasteiger partial charge in [-0.1, -0.05) is 26.0 Å². The van der Waals surface area contributed by atoms with Gasteiger partial charge >= 0.3 is 0 Å². The fourth-order valence-electron chi connectivity index (χ4n) is 4.23. The Bertz CT molecular complexity index is 726. The zero-order chi connectivity index (χ0) is 19.2. The Morgan fingerprint density at radius 3 is 2.48 bits per heavy atom. The largest absolute Gasteiger partial charge is 0.497 e. The molecule has 0 spiro atoms. The highest BCUT2D eigenvalue weighted by Gasteiger charge is 2.49. The first-order valence-corrected chi connectivity index (χ1v) is 9.75. The summed E-state index contributed by atoms with van der Waals surface area (Å²) < 4.78 is 11.1. The quantitative estimate of drug-likeness (QED) is 0.814. The number of morpholine rings is 1. The van der Waals surface area contributed by atoms with Gasteiger partial charge in [-0.05, 0) is 42.4 Å². The number of ether oxygens (including phenoxy) is 2. The number of carbonyl (C=O) groups excluding carboxylic acids is 2. The van der Waals surface area contributed by atoms with Crippen molar-refractivity contribution in [1.29, 1.82) is 0 Å². The van der Waals surface area contributed by atoms with Gasteiger partial charge in [-0.3, -0.25) is 9.59 Å². The lowest BCUT2D eigenvalue weighted by atomic mass is 9.93. The van der Waals surface area contributed by atoms with Crippen molar-refractivity contribution in [3.8, 4) is 5.75 Å². The number of amides is 2. The molecule has 2 heterocycles. The van der Waals surface area contributed by atoms with Crippen molar-refractivity contribution in [1.82, 2.24) is 9.80 Å². The number of hydrogen-bond donors (Lipinski definition) is 0. The minimum absolute atomic E-state index is 0.000423. The van der Waals surface area contributed by atoms with E-state index in [0.29, 0.717) is 0 Å². The van der Waals surface area contributed by atoms with E-state index in [1.807, 2.05) is 34.1 Å². The predicted octanol–water partition coefficient (Wildman–Crippen LogP) is 2.38. The van der Waals surface area contributed by atoms with E-state index in [1.54, 1.807) is 7.11 Å². The first-order chi connectivity index (χ1) is 12.9. The highest BCUT2D eigenvalue weighted by molar-refractivity contribution is 5.87. The zero-order valence-corrected chi connectivity index (χ0v) is 16.3. The van der Waals surface area contributed by atoms with Gasteiger partial charge in [0.25, 0.3) is 5.91 Å². The molecule has 0 unspecified atom stereocenters. The number of nitrogens with zero attached hydrogens (tertiary/aromatic N) is 2. The molecule has 1 aromatic rings. The van der Waals surface area contributed by atoms with Gasteiger partial charge in [0.2, 0.25) is 5.91 Å². The molecule has 6 nitrogen and oxygen atoms in total. The van der Waals surface area contributed by atoms with Crippen molar-refractivity contribution >= 4 is 11.8 Å². The minimum atomic E-state index is -0.648. The van der Waals surface area contributed by atoms with Crippen molar-refractivity contribution in [2.45, 2.75) is 51.3 Å². The van der Waals surface area contributed by atoms with Crippen molar-refractivity contribution < 1.29 is 19.1 Å². The van der Waals surface area contributed by atoms with Gasteiger partial charge in [0.15, 0.2) is 6.10 Å². The summed E-state index contributed by atoms with van der Waals surface area (Å²) in [4.78, 5) is 29.8. The summed E-state index contributed by atoms with van der Waals surface area (Å²) in [6, 6.07) is 7.48. The van der Waals surface area contributed by atoms with E-state index in [2.05, 4.69) is 13.8 Å². The Morgan fingerprint density at radius 1 is 1.22 bits per heavy atom. The highest BCUT2D eigenvalue weighted by Crippen LogP contribution is 2.41. The van der Waals surface area contributed by atoms with Crippen LogP contribution < -0.4 is 4.74 Å². The number of benzene rings is 1. The Balaban J connectivity index is 1.65. The fraction of sp³-hybridized carbons (Fsp3) is 0.619. The second-order valence-electron chi connectivity index (χ2n) is 8.66. The standard InChI is InChI=1S/C21H28N2O4/c1-21(2)10-11-22(13-21)20(25)19-18(14-4-8-16(26-3)9-5-14)23(15-6-7-15)17(24)12-27-19/h4-5,8-9,15,18-19H,6-7,10-13H2,1-3H3/t18-,19+/m1/s1. The maximum Gasteiger partial charge on any atom is 0.254 e. The second kappa shape index (κ2) is 6.82. The van der Waals surface area contributed by atoms with Gasteiger partial charge in [-0.2, -0.15) is 0 Å². The van der Waals surface area contributed by atoms with Crippen molar-refractivity contribution in [2.24, 2.45) is 5.41 Å². The molecule has 0 bridgehead atoms. The van der Waals surface area contributed by atoms with E-state index in [-0.39, 0.29) is 35.9 Å². The Labute approximate surface area is 160 Å². The molecule has 0 aromatic heterocycles. The van der Waals surface area contributed by atoms with Crippen LogP contribution in [0.15, 0.2) is 24.3 Å². The molecule has 4 rings (SSSR count). The number of hydrogen-bond acceptors (Lipinski definition) is 4. The lowest BCUT2D eigenvalue weighted by Gasteiger charge is -2.42. The third kappa shape index (κ3) is 3.55. The molecule has 0 radical (unpaired) electrons. The van der Waals surface area contributed by atoms with Crippen LogP contribution in [0.3, 0.4) is 0 Å². The summed E-state index contributed by atoms with van der Waals surface area (Å²) >= 11 is 0. The fourth-order valence-corrected chi connectivity index (χ4v) is 4.23. The monoisotopic (exact) mass is 372 g/mol. The molecule has 1 saturated carbocycles. The SMILES string of the molecule is COc1ccc([C@@H]2[C@@H](C(=O)N3CCC(C)(C)C3)OCC(=O)N2C2CC2)cc1. The van der Waals surface area contributed by atoms with E-state index < -0.39 is 6.10 Å². The van der Waals surface area contributed by atoms with Crippen LogP contribution in [0.5, 0.6) is 5.75 Å². The van der Waals surface area contributed by atoms with Crippen LogP contribution in [0, 0.1) is 5.41 Å². The molecule has 0 N–H and O–H groups in total. The third-order valence-electron chi connectivity index (χ3n) is 5.89. The highest BCUT2D eigenvalue weighted by atomic mass is 16.5. The minimum Gasteiger partial charge on any atom is -0.497 e. The van der Waals surface area contributed by atoms with Crippen molar-refractivity contribution in [2.75, 3.05) is 26.8 Å². The van der Waals surface area contributed by atoms with E-state index in [9.17, 15) is 9.59 Å². The Hall–Kier alpha value is -2.08. The molecule has 27 heavy (non-hydrogen) atoms. The molecule has 1 aliphatic carbocycles. The maximum absolute atomic E-state index is 13.3. The lowest BCUT2D eigenvalue weighted by molar-refractivity contribution is -0.170. The number of carbonyl (C=O) groups is 2. The average molecular weight is 372 g/mol. The molecule has 2 atom stereocenters. The molecule has 2 saturated heterocycles. The molecular weight excluding hydrogens is 344 g/mol. The predicted molar refractivity (Wildman–Crippen MR) is 100 cm³/mol. The van der Waals surface area contributed by atoms with E-state index in [0.717, 1.165) is 43.7 Å². The van der Waals surface area contributed by atoms with Crippen LogP contribution in [0.25, 0.3) is 0 Å². The molecule has 6 heteroatoms. The van der Waals surface area contributed by atoms with Crippen molar-refractivity contribution in [3.63, 3.8) is 0 Å². The molecule has 1 aromatic carbocycles. The zero-order valence-electron chi connectivity index (χ0n) is 16.3. The molecule has 146 valence electrons. The topological polar surface area (TPSA) is 59.1 Å². The van der Waals surface area contributed by atoms with Gasteiger partial charge < -0.3 is 19.3 Å². The molecule has 2 amide bonds. The first kappa shape index (κ1) is 18.3. The number of rotatable bonds is 4. The summed E-state index contributed by atoms with van der Waals surface area (Å²) in [5.74, 6) is 0.729. The first-order valence-electron chi connectivity index (χ1n) is 9.75. The second-order valence-corrected chi connectivity index (χ2v) is 8.66. The van der Waals surface area contributed by atoms with Crippen LogP contribution in [0.4, 0.5) is 0 Å². The van der Waals surface area contributed by atoms with Gasteiger partial charge in [-0.15, -0.1) is 0 Å². The van der Waals surface area contributed by atoms with Crippen LogP contribution >= 0.6 is 0 Å². The Kier molecular flexibility index (Phi) is 4.62. The van der Waals surface area contributed by atoms with Crippen LogP contribution in [0.1, 0.15) is 44.7 Å². The third-order valence-corrected chi connectivity index (χ3v) is 5.89. The molecule has 2 aliphatic heterocycles. The molecular formula is C21H28N2O4. The number of methoxy groups -OCH3 is 1. The maximum atomic E-state index is 13.3. The summed E-state index contributed by atoms with van der Waals surface area (Å²) in [7, 11) is 1.63. The lowest BCUT2D eigenvalue weighted by Crippen LogP contribution is -2.55. The number of likely N-dealkylation sites (tertiary alicyclic amines) is 1. The summed E-state index contributed by atoms with van der Waals surface area (Å²) in [5.41, 5.74) is 1.05. The Morgan fingerprint density at radius 2 is 1.93 bits per heavy atom. The van der Waals surface area contributed by atoms with Gasteiger partial charge in [0.1, 0.15) is 12.4 Å². The average Bonchev–Trinajstić information content (AvgIpc) is 3.43. The van der Waals surface area contributed by atoms with Crippen LogP contribution in [-0.4, -0.2) is 60.6 Å². The molecule has 3 aliphatic rings.